The molecule has 0 aliphatic carbocycles. The summed E-state index contributed by atoms with van der Waals surface area (Å²) in [6, 6.07) is 1.09. The number of hydrogen-bond acceptors (Lipinski definition) is 3. The topological polar surface area (TPSA) is 32.8 Å². The molecule has 2 bridgehead atoms. The monoisotopic (exact) mass is 240 g/mol. The van der Waals surface area contributed by atoms with Crippen molar-refractivity contribution in [1.82, 2.24) is 9.80 Å². The molecule has 0 saturated carbocycles. The Morgan fingerprint density at radius 1 is 1.24 bits per heavy atom. The molecule has 1 amide bonds. The van der Waals surface area contributed by atoms with Gasteiger partial charge in [0.05, 0.1) is 0 Å². The average Bonchev–Trinajstić information content (AvgIpc) is 2.44. The Hall–Kier alpha value is -0.770. The number of likely N-dealkylation sites (tertiary alicyclic amines) is 1. The van der Waals surface area contributed by atoms with Gasteiger partial charge in [-0.25, -0.2) is 4.79 Å². The van der Waals surface area contributed by atoms with Crippen LogP contribution in [0.4, 0.5) is 4.79 Å². The van der Waals surface area contributed by atoms with Crippen LogP contribution in [-0.4, -0.2) is 53.2 Å². The minimum atomic E-state index is -0.391. The highest BCUT2D eigenvalue weighted by atomic mass is 16.6. The molecule has 2 rings (SSSR count). The molecule has 2 aliphatic heterocycles. The molecule has 0 aromatic heterocycles. The van der Waals surface area contributed by atoms with E-state index in [-0.39, 0.29) is 6.09 Å². The van der Waals surface area contributed by atoms with Gasteiger partial charge in [-0.05, 0) is 40.2 Å². The van der Waals surface area contributed by atoms with Crippen molar-refractivity contribution in [2.75, 3.05) is 19.6 Å². The summed E-state index contributed by atoms with van der Waals surface area (Å²) in [5.74, 6) is 0. The number of rotatable bonds is 1. The van der Waals surface area contributed by atoms with Crippen LogP contribution in [0.2, 0.25) is 0 Å². The molecule has 98 valence electrons. The van der Waals surface area contributed by atoms with Crippen LogP contribution in [0.15, 0.2) is 0 Å². The fourth-order valence-corrected chi connectivity index (χ4v) is 2.98. The standard InChI is InChI=1S/C13H24N2O2/c1-5-15-10-6-7-11(15)9-14(8-10)12(16)17-13(2,3)4/h10-11H,5-9H2,1-4H3. The van der Waals surface area contributed by atoms with Gasteiger partial charge in [-0.1, -0.05) is 6.92 Å². The van der Waals surface area contributed by atoms with E-state index < -0.39 is 5.60 Å². The van der Waals surface area contributed by atoms with Crippen LogP contribution in [-0.2, 0) is 4.74 Å². The number of piperazine rings is 1. The molecular formula is C13H24N2O2. The summed E-state index contributed by atoms with van der Waals surface area (Å²) in [4.78, 5) is 16.4. The van der Waals surface area contributed by atoms with Gasteiger partial charge in [-0.15, -0.1) is 0 Å². The summed E-state index contributed by atoms with van der Waals surface area (Å²) in [6.07, 6.45) is 2.29. The molecule has 0 spiro atoms. The first-order valence-electron chi connectivity index (χ1n) is 6.64. The number of fused-ring (bicyclic) bond motifs is 2. The molecule has 4 heteroatoms. The van der Waals surface area contributed by atoms with Gasteiger partial charge in [0, 0.05) is 25.2 Å². The van der Waals surface area contributed by atoms with Gasteiger partial charge in [-0.2, -0.15) is 0 Å². The van der Waals surface area contributed by atoms with Crippen LogP contribution in [0.1, 0.15) is 40.5 Å². The van der Waals surface area contributed by atoms with Crippen molar-refractivity contribution in [3.05, 3.63) is 0 Å². The second kappa shape index (κ2) is 4.48. The number of carbonyl (C=O) groups is 1. The highest BCUT2D eigenvalue weighted by Crippen LogP contribution is 2.30. The first kappa shape index (κ1) is 12.7. The first-order chi connectivity index (χ1) is 7.90. The second-order valence-electron chi connectivity index (χ2n) is 6.10. The normalized spacial score (nSPS) is 29.5. The van der Waals surface area contributed by atoms with Gasteiger partial charge in [0.2, 0.25) is 0 Å². The van der Waals surface area contributed by atoms with Crippen LogP contribution in [0, 0.1) is 0 Å². The van der Waals surface area contributed by atoms with Gasteiger partial charge in [0.15, 0.2) is 0 Å². The Balaban J connectivity index is 1.96. The number of likely N-dealkylation sites (N-methyl/N-ethyl adjacent to an activating group) is 1. The van der Waals surface area contributed by atoms with Crippen molar-refractivity contribution in [3.8, 4) is 0 Å². The Kier molecular flexibility index (Phi) is 3.34. The third-order valence-electron chi connectivity index (χ3n) is 3.65. The van der Waals surface area contributed by atoms with E-state index in [1.165, 1.54) is 12.8 Å². The van der Waals surface area contributed by atoms with Crippen LogP contribution in [0.5, 0.6) is 0 Å². The van der Waals surface area contributed by atoms with E-state index in [2.05, 4.69) is 11.8 Å². The van der Waals surface area contributed by atoms with Gasteiger partial charge >= 0.3 is 6.09 Å². The zero-order valence-corrected chi connectivity index (χ0v) is 11.4. The maximum Gasteiger partial charge on any atom is 0.410 e. The fraction of sp³-hybridized carbons (Fsp3) is 0.923. The van der Waals surface area contributed by atoms with Gasteiger partial charge in [0.25, 0.3) is 0 Å². The fourth-order valence-electron chi connectivity index (χ4n) is 2.98. The summed E-state index contributed by atoms with van der Waals surface area (Å²) < 4.78 is 5.44. The molecule has 0 radical (unpaired) electrons. The van der Waals surface area contributed by atoms with Crippen molar-refractivity contribution in [2.24, 2.45) is 0 Å². The molecule has 17 heavy (non-hydrogen) atoms. The predicted molar refractivity (Wildman–Crippen MR) is 67.0 cm³/mol. The number of ether oxygens (including phenoxy) is 1. The van der Waals surface area contributed by atoms with Crippen molar-refractivity contribution in [3.63, 3.8) is 0 Å². The molecule has 0 aromatic rings. The molecule has 2 aliphatic rings. The number of hydrogen-bond donors (Lipinski definition) is 0. The zero-order valence-electron chi connectivity index (χ0n) is 11.4. The van der Waals surface area contributed by atoms with Crippen molar-refractivity contribution in [2.45, 2.75) is 58.2 Å². The molecule has 2 unspecified atom stereocenters. The molecule has 4 nitrogen and oxygen atoms in total. The second-order valence-corrected chi connectivity index (χ2v) is 6.10. The van der Waals surface area contributed by atoms with E-state index in [9.17, 15) is 4.79 Å². The SMILES string of the molecule is CCN1C2CCC1CN(C(=O)OC(C)(C)C)C2. The molecule has 2 fully saturated rings. The Morgan fingerprint density at radius 3 is 2.18 bits per heavy atom. The molecule has 2 atom stereocenters. The van der Waals surface area contributed by atoms with Gasteiger partial charge in [-0.3, -0.25) is 4.90 Å². The Morgan fingerprint density at radius 2 is 1.76 bits per heavy atom. The highest BCUT2D eigenvalue weighted by Gasteiger charge is 2.41. The minimum absolute atomic E-state index is 0.148. The van der Waals surface area contributed by atoms with Crippen molar-refractivity contribution >= 4 is 6.09 Å². The molecular weight excluding hydrogens is 216 g/mol. The van der Waals surface area contributed by atoms with Crippen LogP contribution in [0.25, 0.3) is 0 Å². The summed E-state index contributed by atoms with van der Waals surface area (Å²) >= 11 is 0. The van der Waals surface area contributed by atoms with Crippen LogP contribution < -0.4 is 0 Å². The lowest BCUT2D eigenvalue weighted by atomic mass is 10.2. The largest absolute Gasteiger partial charge is 0.444 e. The Bertz CT molecular complexity index is 284. The van der Waals surface area contributed by atoms with E-state index in [1.54, 1.807) is 0 Å². The molecule has 2 saturated heterocycles. The first-order valence-corrected chi connectivity index (χ1v) is 6.64. The predicted octanol–water partition coefficient (Wildman–Crippen LogP) is 2.09. The lowest BCUT2D eigenvalue weighted by molar-refractivity contribution is 0.00235. The van der Waals surface area contributed by atoms with E-state index in [0.29, 0.717) is 12.1 Å². The smallest absolute Gasteiger partial charge is 0.410 e. The molecule has 0 N–H and O–H groups in total. The van der Waals surface area contributed by atoms with E-state index in [0.717, 1.165) is 19.6 Å². The number of nitrogens with zero attached hydrogens (tertiary/aromatic N) is 2. The third kappa shape index (κ3) is 2.73. The number of amides is 1. The van der Waals surface area contributed by atoms with Gasteiger partial charge < -0.3 is 9.64 Å². The molecule has 0 aromatic carbocycles. The minimum Gasteiger partial charge on any atom is -0.444 e. The summed E-state index contributed by atoms with van der Waals surface area (Å²) in [5.41, 5.74) is -0.391. The van der Waals surface area contributed by atoms with E-state index in [4.69, 9.17) is 4.74 Å². The Labute approximate surface area is 104 Å². The van der Waals surface area contributed by atoms with Crippen LogP contribution in [0.3, 0.4) is 0 Å². The van der Waals surface area contributed by atoms with E-state index >= 15 is 0 Å². The maximum absolute atomic E-state index is 12.0. The van der Waals surface area contributed by atoms with Crippen LogP contribution >= 0.6 is 0 Å². The third-order valence-corrected chi connectivity index (χ3v) is 3.65. The molecule has 2 heterocycles. The van der Waals surface area contributed by atoms with Crippen molar-refractivity contribution < 1.29 is 9.53 Å². The van der Waals surface area contributed by atoms with Crippen molar-refractivity contribution in [1.29, 1.82) is 0 Å². The summed E-state index contributed by atoms with van der Waals surface area (Å²) in [7, 11) is 0. The summed E-state index contributed by atoms with van der Waals surface area (Å²) in [6.45, 7) is 10.7. The number of carbonyl (C=O) groups excluding carboxylic acids is 1. The quantitative estimate of drug-likeness (QED) is 0.703. The maximum atomic E-state index is 12.0. The lowest BCUT2D eigenvalue weighted by Gasteiger charge is -2.40. The van der Waals surface area contributed by atoms with E-state index in [1.807, 2.05) is 25.7 Å². The average molecular weight is 240 g/mol. The zero-order chi connectivity index (χ0) is 12.6. The lowest BCUT2D eigenvalue weighted by Crippen LogP contribution is -2.55. The van der Waals surface area contributed by atoms with Gasteiger partial charge in [0.1, 0.15) is 5.60 Å². The highest BCUT2D eigenvalue weighted by molar-refractivity contribution is 5.68. The summed E-state index contributed by atoms with van der Waals surface area (Å²) in [5, 5.41) is 0.